The third-order valence-corrected chi connectivity index (χ3v) is 2.86. The van der Waals surface area contributed by atoms with Crippen LogP contribution in [0.2, 0.25) is 0 Å². The van der Waals surface area contributed by atoms with Gasteiger partial charge < -0.3 is 20.4 Å². The van der Waals surface area contributed by atoms with E-state index in [1.165, 1.54) is 4.90 Å². The van der Waals surface area contributed by atoms with E-state index in [0.29, 0.717) is 6.54 Å². The molecule has 110 valence electrons. The monoisotopic (exact) mass is 280 g/mol. The first-order chi connectivity index (χ1) is 9.43. The van der Waals surface area contributed by atoms with E-state index in [-0.39, 0.29) is 13.0 Å². The van der Waals surface area contributed by atoms with Crippen molar-refractivity contribution in [2.45, 2.75) is 25.9 Å². The maximum absolute atomic E-state index is 11.9. The zero-order valence-electron chi connectivity index (χ0n) is 11.7. The summed E-state index contributed by atoms with van der Waals surface area (Å²) in [6.45, 7) is 2.06. The number of nitrogens with zero attached hydrogens (tertiary/aromatic N) is 1. The minimum Gasteiger partial charge on any atom is -0.480 e. The smallest absolute Gasteiger partial charge is 0.326 e. The summed E-state index contributed by atoms with van der Waals surface area (Å²) in [4.78, 5) is 24.2. The number of aryl methyl sites for hydroxylation is 1. The highest BCUT2D eigenvalue weighted by molar-refractivity contribution is 5.82. The Morgan fingerprint density at radius 3 is 2.65 bits per heavy atom. The van der Waals surface area contributed by atoms with Gasteiger partial charge in [0.1, 0.15) is 6.04 Å². The molecule has 0 fully saturated rings. The first kappa shape index (κ1) is 16.0. The number of carbonyl (C=O) groups is 2. The number of hydrogen-bond donors (Lipinski definition) is 3. The molecule has 1 aromatic rings. The van der Waals surface area contributed by atoms with Crippen LogP contribution in [0.3, 0.4) is 0 Å². The lowest BCUT2D eigenvalue weighted by Gasteiger charge is -2.21. The van der Waals surface area contributed by atoms with E-state index in [9.17, 15) is 9.59 Å². The summed E-state index contributed by atoms with van der Waals surface area (Å²) in [6.07, 6.45) is -0.0145. The predicted octanol–water partition coefficient (Wildman–Crippen LogP) is 0.972. The molecule has 0 aliphatic carbocycles. The number of nitrogens with one attached hydrogen (secondary N) is 1. The molecule has 3 N–H and O–H groups in total. The van der Waals surface area contributed by atoms with Gasteiger partial charge in [-0.3, -0.25) is 0 Å². The van der Waals surface area contributed by atoms with Gasteiger partial charge in [0, 0.05) is 26.6 Å². The molecule has 1 atom stereocenters. The molecule has 0 saturated heterocycles. The van der Waals surface area contributed by atoms with E-state index in [1.54, 1.807) is 7.05 Å². The summed E-state index contributed by atoms with van der Waals surface area (Å²) in [6, 6.07) is 6.18. The Balaban J connectivity index is 2.60. The van der Waals surface area contributed by atoms with Crippen molar-refractivity contribution in [3.05, 3.63) is 35.4 Å². The Morgan fingerprint density at radius 1 is 1.40 bits per heavy atom. The fourth-order valence-corrected chi connectivity index (χ4v) is 1.80. The molecule has 1 aromatic carbocycles. The normalized spacial score (nSPS) is 11.8. The van der Waals surface area contributed by atoms with Crippen molar-refractivity contribution in [1.82, 2.24) is 10.2 Å². The van der Waals surface area contributed by atoms with Crippen molar-refractivity contribution in [2.75, 3.05) is 13.7 Å². The molecule has 0 spiro atoms. The molecule has 1 rings (SSSR count). The molecule has 0 unspecified atom stereocenters. The number of carbonyl (C=O) groups excluding carboxylic acids is 1. The average molecular weight is 280 g/mol. The topological polar surface area (TPSA) is 89.9 Å². The van der Waals surface area contributed by atoms with Crippen molar-refractivity contribution in [3.8, 4) is 0 Å². The first-order valence-corrected chi connectivity index (χ1v) is 6.35. The summed E-state index contributed by atoms with van der Waals surface area (Å²) in [5.41, 5.74) is 2.07. The van der Waals surface area contributed by atoms with Crippen LogP contribution in [0.25, 0.3) is 0 Å². The highest BCUT2D eigenvalue weighted by atomic mass is 16.4. The minimum atomic E-state index is -1.16. The van der Waals surface area contributed by atoms with Crippen LogP contribution >= 0.6 is 0 Å². The van der Waals surface area contributed by atoms with Crippen molar-refractivity contribution in [3.63, 3.8) is 0 Å². The molecule has 0 aromatic heterocycles. The maximum Gasteiger partial charge on any atom is 0.326 e. The van der Waals surface area contributed by atoms with E-state index in [4.69, 9.17) is 10.2 Å². The SMILES string of the molecule is Cc1cccc(CN(C)C(=O)N[C@@H](CCO)C(=O)O)c1. The van der Waals surface area contributed by atoms with Gasteiger partial charge in [0.2, 0.25) is 0 Å². The van der Waals surface area contributed by atoms with E-state index in [1.807, 2.05) is 31.2 Å². The van der Waals surface area contributed by atoms with Crippen LogP contribution in [0, 0.1) is 6.92 Å². The summed E-state index contributed by atoms with van der Waals surface area (Å²) in [7, 11) is 1.59. The molecule has 0 bridgehead atoms. The molecule has 20 heavy (non-hydrogen) atoms. The largest absolute Gasteiger partial charge is 0.480 e. The zero-order valence-corrected chi connectivity index (χ0v) is 11.7. The number of carboxylic acid groups (broad SMARTS) is 1. The fourth-order valence-electron chi connectivity index (χ4n) is 1.80. The molecule has 6 nitrogen and oxygen atoms in total. The first-order valence-electron chi connectivity index (χ1n) is 6.35. The van der Waals surface area contributed by atoms with Crippen LogP contribution in [0.1, 0.15) is 17.5 Å². The van der Waals surface area contributed by atoms with Gasteiger partial charge in [-0.2, -0.15) is 0 Å². The second kappa shape index (κ2) is 7.49. The molecular formula is C14H20N2O4. The third-order valence-electron chi connectivity index (χ3n) is 2.86. The Bertz CT molecular complexity index is 476. The number of rotatable bonds is 6. The standard InChI is InChI=1S/C14H20N2O4/c1-10-4-3-5-11(8-10)9-16(2)14(20)15-12(6-7-17)13(18)19/h3-5,8,12,17H,6-7,9H2,1-2H3,(H,15,20)(H,18,19)/t12-/m0/s1. The van der Waals surface area contributed by atoms with Crippen LogP contribution < -0.4 is 5.32 Å². The molecule has 0 radical (unpaired) electrons. The second-order valence-electron chi connectivity index (χ2n) is 4.70. The molecule has 0 aliphatic heterocycles. The lowest BCUT2D eigenvalue weighted by Crippen LogP contribution is -2.46. The van der Waals surface area contributed by atoms with Gasteiger partial charge in [-0.15, -0.1) is 0 Å². The number of carboxylic acids is 1. The summed E-state index contributed by atoms with van der Waals surface area (Å²) >= 11 is 0. The van der Waals surface area contributed by atoms with Gasteiger partial charge in [-0.05, 0) is 12.5 Å². The third kappa shape index (κ3) is 4.89. The van der Waals surface area contributed by atoms with Gasteiger partial charge in [0.15, 0.2) is 0 Å². The number of benzene rings is 1. The molecule has 2 amide bonds. The Kier molecular flexibility index (Phi) is 5.99. The number of aliphatic hydroxyl groups excluding tert-OH is 1. The number of aliphatic carboxylic acids is 1. The highest BCUT2D eigenvalue weighted by Gasteiger charge is 2.21. The van der Waals surface area contributed by atoms with Gasteiger partial charge in [-0.1, -0.05) is 29.8 Å². The van der Waals surface area contributed by atoms with Crippen LogP contribution in [0.4, 0.5) is 4.79 Å². The van der Waals surface area contributed by atoms with Gasteiger partial charge in [0.25, 0.3) is 0 Å². The molecule has 6 heteroatoms. The fraction of sp³-hybridized carbons (Fsp3) is 0.429. The van der Waals surface area contributed by atoms with Crippen LogP contribution in [-0.4, -0.2) is 46.8 Å². The highest BCUT2D eigenvalue weighted by Crippen LogP contribution is 2.07. The van der Waals surface area contributed by atoms with Gasteiger partial charge in [-0.25, -0.2) is 9.59 Å². The maximum atomic E-state index is 11.9. The van der Waals surface area contributed by atoms with Crippen molar-refractivity contribution < 1.29 is 19.8 Å². The predicted molar refractivity (Wildman–Crippen MR) is 74.3 cm³/mol. The summed E-state index contributed by atoms with van der Waals surface area (Å²) in [5, 5.41) is 20.1. The van der Waals surface area contributed by atoms with E-state index in [2.05, 4.69) is 5.32 Å². The Labute approximate surface area is 118 Å². The van der Waals surface area contributed by atoms with Crippen LogP contribution in [0.5, 0.6) is 0 Å². The van der Waals surface area contributed by atoms with Crippen LogP contribution in [0.15, 0.2) is 24.3 Å². The van der Waals surface area contributed by atoms with Crippen molar-refractivity contribution >= 4 is 12.0 Å². The van der Waals surface area contributed by atoms with Gasteiger partial charge >= 0.3 is 12.0 Å². The van der Waals surface area contributed by atoms with Crippen molar-refractivity contribution in [1.29, 1.82) is 0 Å². The Morgan fingerprint density at radius 2 is 2.10 bits per heavy atom. The average Bonchev–Trinajstić information content (AvgIpc) is 2.37. The zero-order chi connectivity index (χ0) is 15.1. The number of urea groups is 1. The lowest BCUT2D eigenvalue weighted by atomic mass is 10.1. The van der Waals surface area contributed by atoms with E-state index >= 15 is 0 Å². The number of amides is 2. The molecular weight excluding hydrogens is 260 g/mol. The van der Waals surface area contributed by atoms with Crippen LogP contribution in [-0.2, 0) is 11.3 Å². The summed E-state index contributed by atoms with van der Waals surface area (Å²) < 4.78 is 0. The molecule has 0 saturated carbocycles. The van der Waals surface area contributed by atoms with Crippen molar-refractivity contribution in [2.24, 2.45) is 0 Å². The second-order valence-corrected chi connectivity index (χ2v) is 4.70. The molecule has 0 aliphatic rings. The summed E-state index contributed by atoms with van der Waals surface area (Å²) in [5.74, 6) is -1.16. The molecule has 0 heterocycles. The van der Waals surface area contributed by atoms with Gasteiger partial charge in [0.05, 0.1) is 0 Å². The number of hydrogen-bond acceptors (Lipinski definition) is 3. The minimum absolute atomic E-state index is 0.0145. The van der Waals surface area contributed by atoms with E-state index in [0.717, 1.165) is 11.1 Å². The quantitative estimate of drug-likeness (QED) is 0.724. The Hall–Kier alpha value is -2.08. The number of aliphatic hydroxyl groups is 1. The van der Waals surface area contributed by atoms with E-state index < -0.39 is 18.0 Å². The lowest BCUT2D eigenvalue weighted by molar-refractivity contribution is -0.139.